The summed E-state index contributed by atoms with van der Waals surface area (Å²) in [6, 6.07) is 0. The van der Waals surface area contributed by atoms with Crippen molar-refractivity contribution >= 4 is 23.9 Å². The second-order valence-corrected chi connectivity index (χ2v) is 3.00. The van der Waals surface area contributed by atoms with E-state index >= 15 is 0 Å². The minimum Gasteiger partial charge on any atom is -0.550 e. The predicted octanol–water partition coefficient (Wildman–Crippen LogP) is -6.00. The highest BCUT2D eigenvalue weighted by atomic mass is 16.4. The molecule has 0 saturated carbocycles. The van der Waals surface area contributed by atoms with E-state index in [1.807, 2.05) is 0 Å². The highest BCUT2D eigenvalue weighted by Gasteiger charge is 2.24. The number of hydrogen-bond acceptors (Lipinski definition) is 8. The van der Waals surface area contributed by atoms with Crippen LogP contribution in [0.2, 0.25) is 0 Å². The zero-order chi connectivity index (χ0) is 12.9. The topological polar surface area (TPSA) is 161 Å². The maximum Gasteiger partial charge on any atom is 0.0455 e. The fourth-order valence-corrected chi connectivity index (χ4v) is 1.14. The van der Waals surface area contributed by atoms with Gasteiger partial charge in [0.15, 0.2) is 0 Å². The van der Waals surface area contributed by atoms with Gasteiger partial charge in [-0.05, 0) is 12.8 Å². The predicted molar refractivity (Wildman–Crippen MR) is 36.2 cm³/mol. The van der Waals surface area contributed by atoms with Crippen molar-refractivity contribution in [3.8, 4) is 0 Å². The maximum atomic E-state index is 10.5. The summed E-state index contributed by atoms with van der Waals surface area (Å²) in [6.45, 7) is 0. The second-order valence-electron chi connectivity index (χ2n) is 3.00. The maximum absolute atomic E-state index is 10.5. The van der Waals surface area contributed by atoms with Crippen molar-refractivity contribution in [1.82, 2.24) is 0 Å². The average Bonchev–Trinajstić information content (AvgIpc) is 2.09. The summed E-state index contributed by atoms with van der Waals surface area (Å²) in [6.07, 6.45) is -2.34. The molecule has 0 aliphatic heterocycles. The van der Waals surface area contributed by atoms with Crippen LogP contribution in [0.15, 0.2) is 0 Å². The van der Waals surface area contributed by atoms with Gasteiger partial charge in [-0.3, -0.25) is 0 Å². The lowest BCUT2D eigenvalue weighted by molar-refractivity contribution is -0.335. The van der Waals surface area contributed by atoms with Crippen LogP contribution in [0.3, 0.4) is 0 Å². The fraction of sp³-hybridized carbons (Fsp3) is 0.500. The SMILES string of the molecule is O=C([O-])C[C@H](C(=O)[O-])[C@@H](CC(=O)[O-])C(=O)[O-]. The van der Waals surface area contributed by atoms with Crippen LogP contribution < -0.4 is 20.4 Å². The van der Waals surface area contributed by atoms with Crippen LogP contribution in [-0.2, 0) is 19.2 Å². The van der Waals surface area contributed by atoms with Crippen LogP contribution in [0.5, 0.6) is 0 Å². The normalized spacial score (nSPS) is 13.8. The third-order valence-electron chi connectivity index (χ3n) is 1.86. The van der Waals surface area contributed by atoms with Gasteiger partial charge in [0, 0.05) is 35.7 Å². The molecule has 0 aromatic carbocycles. The van der Waals surface area contributed by atoms with Crippen molar-refractivity contribution in [2.75, 3.05) is 0 Å². The first-order valence-corrected chi connectivity index (χ1v) is 4.07. The molecule has 0 spiro atoms. The Morgan fingerprint density at radius 3 is 1.06 bits per heavy atom. The zero-order valence-corrected chi connectivity index (χ0v) is 7.83. The van der Waals surface area contributed by atoms with E-state index in [4.69, 9.17) is 0 Å². The first-order chi connectivity index (χ1) is 7.25. The number of hydrogen-bond donors (Lipinski definition) is 0. The lowest BCUT2D eigenvalue weighted by atomic mass is 9.87. The van der Waals surface area contributed by atoms with E-state index in [1.54, 1.807) is 0 Å². The monoisotopic (exact) mass is 230 g/mol. The summed E-state index contributed by atoms with van der Waals surface area (Å²) >= 11 is 0. The Morgan fingerprint density at radius 2 is 0.938 bits per heavy atom. The van der Waals surface area contributed by atoms with Crippen LogP contribution in [0, 0.1) is 11.8 Å². The minimum absolute atomic E-state index is 1.17. The summed E-state index contributed by atoms with van der Waals surface area (Å²) in [7, 11) is 0. The van der Waals surface area contributed by atoms with Gasteiger partial charge in [-0.1, -0.05) is 0 Å². The summed E-state index contributed by atoms with van der Waals surface area (Å²) < 4.78 is 0. The van der Waals surface area contributed by atoms with Crippen LogP contribution in [0.1, 0.15) is 12.8 Å². The molecule has 90 valence electrons. The molecule has 16 heavy (non-hydrogen) atoms. The van der Waals surface area contributed by atoms with Crippen molar-refractivity contribution in [3.05, 3.63) is 0 Å². The third kappa shape index (κ3) is 4.40. The fourth-order valence-electron chi connectivity index (χ4n) is 1.14. The molecule has 0 radical (unpaired) electrons. The molecule has 8 heteroatoms. The quantitative estimate of drug-likeness (QED) is 0.417. The highest BCUT2D eigenvalue weighted by Crippen LogP contribution is 2.18. The number of carboxylic acids is 4. The third-order valence-corrected chi connectivity index (χ3v) is 1.86. The zero-order valence-electron chi connectivity index (χ0n) is 7.83. The molecule has 0 bridgehead atoms. The Morgan fingerprint density at radius 1 is 0.688 bits per heavy atom. The lowest BCUT2D eigenvalue weighted by Gasteiger charge is -2.29. The molecular weight excluding hydrogens is 224 g/mol. The molecule has 0 saturated heterocycles. The van der Waals surface area contributed by atoms with Crippen molar-refractivity contribution in [1.29, 1.82) is 0 Å². The first kappa shape index (κ1) is 13.9. The molecule has 0 aromatic heterocycles. The molecule has 0 fully saturated rings. The standard InChI is InChI=1S/C8H10O8/c9-5(10)1-3(7(13)14)4(8(15)16)2-6(11)12/h3-4H,1-2H2,(H,9,10)(H,11,12)(H,13,14)(H,15,16)/p-4/t3-,4+. The number of aliphatic carboxylic acids is 4. The molecule has 0 amide bonds. The van der Waals surface area contributed by atoms with E-state index in [9.17, 15) is 39.6 Å². The van der Waals surface area contributed by atoms with E-state index in [2.05, 4.69) is 0 Å². The van der Waals surface area contributed by atoms with Gasteiger partial charge >= 0.3 is 0 Å². The van der Waals surface area contributed by atoms with Crippen LogP contribution in [0.25, 0.3) is 0 Å². The highest BCUT2D eigenvalue weighted by molar-refractivity contribution is 5.84. The molecule has 0 unspecified atom stereocenters. The van der Waals surface area contributed by atoms with Crippen LogP contribution >= 0.6 is 0 Å². The number of carbonyl (C=O) groups is 4. The summed E-state index contributed by atoms with van der Waals surface area (Å²) in [5, 5.41) is 41.2. The smallest absolute Gasteiger partial charge is 0.0455 e. The van der Waals surface area contributed by atoms with Gasteiger partial charge in [0.1, 0.15) is 0 Å². The summed E-state index contributed by atoms with van der Waals surface area (Å²) in [5.41, 5.74) is 0. The summed E-state index contributed by atoms with van der Waals surface area (Å²) in [5.74, 6) is -11.7. The molecule has 0 heterocycles. The van der Waals surface area contributed by atoms with Crippen LogP contribution in [0.4, 0.5) is 0 Å². The van der Waals surface area contributed by atoms with Gasteiger partial charge in [-0.15, -0.1) is 0 Å². The van der Waals surface area contributed by atoms with Crippen LogP contribution in [-0.4, -0.2) is 23.9 Å². The van der Waals surface area contributed by atoms with Gasteiger partial charge in [-0.25, -0.2) is 0 Å². The molecule has 8 nitrogen and oxygen atoms in total. The van der Waals surface area contributed by atoms with E-state index in [-0.39, 0.29) is 0 Å². The van der Waals surface area contributed by atoms with E-state index in [0.29, 0.717) is 0 Å². The number of carboxylic acid groups (broad SMARTS) is 4. The largest absolute Gasteiger partial charge is 0.550 e. The Hall–Kier alpha value is -2.12. The first-order valence-electron chi connectivity index (χ1n) is 4.07. The molecule has 0 rings (SSSR count). The van der Waals surface area contributed by atoms with Crippen molar-refractivity contribution < 1.29 is 39.6 Å². The van der Waals surface area contributed by atoms with Crippen molar-refractivity contribution in [2.45, 2.75) is 12.8 Å². The number of carbonyl (C=O) groups excluding carboxylic acids is 4. The van der Waals surface area contributed by atoms with Crippen molar-refractivity contribution in [2.24, 2.45) is 11.8 Å². The Balaban J connectivity index is 4.93. The van der Waals surface area contributed by atoms with Gasteiger partial charge < -0.3 is 39.6 Å². The molecule has 0 N–H and O–H groups in total. The minimum atomic E-state index is -2.03. The van der Waals surface area contributed by atoms with E-state index in [1.165, 1.54) is 0 Å². The molecule has 0 aliphatic carbocycles. The van der Waals surface area contributed by atoms with Gasteiger partial charge in [0.2, 0.25) is 0 Å². The summed E-state index contributed by atoms with van der Waals surface area (Å²) in [4.78, 5) is 41.2. The van der Waals surface area contributed by atoms with Gasteiger partial charge in [0.25, 0.3) is 0 Å². The van der Waals surface area contributed by atoms with Crippen molar-refractivity contribution in [3.63, 3.8) is 0 Å². The van der Waals surface area contributed by atoms with E-state index < -0.39 is 48.6 Å². The van der Waals surface area contributed by atoms with Gasteiger partial charge in [0.05, 0.1) is 0 Å². The molecule has 0 aliphatic rings. The van der Waals surface area contributed by atoms with E-state index in [0.717, 1.165) is 0 Å². The molecule has 2 atom stereocenters. The number of rotatable bonds is 7. The Kier molecular flexibility index (Phi) is 4.93. The molecular formula is C8H6O8-4. The second kappa shape index (κ2) is 5.69. The molecule has 0 aromatic rings. The average molecular weight is 230 g/mol. The van der Waals surface area contributed by atoms with Gasteiger partial charge in [-0.2, -0.15) is 0 Å². The Labute approximate surface area is 89.1 Å². The lowest BCUT2D eigenvalue weighted by Crippen LogP contribution is -2.48. The Bertz CT molecular complexity index is 288.